The smallest absolute Gasteiger partial charge is 0.238 e. The second-order valence-corrected chi connectivity index (χ2v) is 4.75. The number of hydrogen-bond acceptors (Lipinski definition) is 4. The number of halogens is 1. The fraction of sp³-hybridized carbons (Fsp3) is 0.333. The van der Waals surface area contributed by atoms with Gasteiger partial charge in [0.05, 0.1) is 11.9 Å². The number of aryl methyl sites for hydroxylation is 1. The largest absolute Gasteiger partial charge is 0.437 e. The van der Waals surface area contributed by atoms with Crippen molar-refractivity contribution in [3.63, 3.8) is 0 Å². The molecule has 1 N–H and O–H groups in total. The van der Waals surface area contributed by atoms with Gasteiger partial charge in [0.25, 0.3) is 0 Å². The van der Waals surface area contributed by atoms with Crippen molar-refractivity contribution in [2.24, 2.45) is 0 Å². The van der Waals surface area contributed by atoms with Gasteiger partial charge >= 0.3 is 0 Å². The van der Waals surface area contributed by atoms with Crippen molar-refractivity contribution in [3.05, 3.63) is 46.9 Å². The minimum atomic E-state index is 0.491. The van der Waals surface area contributed by atoms with Gasteiger partial charge in [-0.2, -0.15) is 0 Å². The highest BCUT2D eigenvalue weighted by Gasteiger charge is 2.04. The topological polar surface area (TPSA) is 47.0 Å². The number of hydrogen-bond donors (Lipinski definition) is 1. The lowest BCUT2D eigenvalue weighted by atomic mass is 10.1. The van der Waals surface area contributed by atoms with Crippen LogP contribution in [0.25, 0.3) is 0 Å². The van der Waals surface area contributed by atoms with Crippen LogP contribution in [0.3, 0.4) is 0 Å². The van der Waals surface area contributed by atoms with Crippen molar-refractivity contribution in [2.75, 3.05) is 6.54 Å². The van der Waals surface area contributed by atoms with E-state index < -0.39 is 0 Å². The molecule has 0 radical (unpaired) electrons. The Bertz CT molecular complexity index is 575. The van der Waals surface area contributed by atoms with Crippen LogP contribution in [0, 0.1) is 0 Å². The predicted octanol–water partition coefficient (Wildman–Crippen LogP) is 3.59. The number of nitrogens with one attached hydrogen (secondary N) is 1. The number of nitrogens with zero attached hydrogens (tertiary/aromatic N) is 2. The average molecular weight is 292 g/mol. The van der Waals surface area contributed by atoms with Gasteiger partial charge in [0.1, 0.15) is 5.75 Å². The monoisotopic (exact) mass is 291 g/mol. The molecule has 20 heavy (non-hydrogen) atoms. The van der Waals surface area contributed by atoms with Crippen molar-refractivity contribution >= 4 is 11.6 Å². The third-order valence-electron chi connectivity index (χ3n) is 2.84. The van der Waals surface area contributed by atoms with Gasteiger partial charge < -0.3 is 10.1 Å². The Labute approximate surface area is 124 Å². The Kier molecular flexibility index (Phi) is 5.32. The first-order valence-electron chi connectivity index (χ1n) is 6.70. The second kappa shape index (κ2) is 7.22. The molecule has 0 saturated carbocycles. The minimum Gasteiger partial charge on any atom is -0.437 e. The molecule has 0 unspecified atom stereocenters. The van der Waals surface area contributed by atoms with Crippen LogP contribution >= 0.6 is 11.6 Å². The maximum atomic E-state index is 6.09. The highest BCUT2D eigenvalue weighted by molar-refractivity contribution is 6.31. The zero-order chi connectivity index (χ0) is 14.4. The first-order chi connectivity index (χ1) is 9.72. The summed E-state index contributed by atoms with van der Waals surface area (Å²) in [5, 5.41) is 3.96. The summed E-state index contributed by atoms with van der Waals surface area (Å²) in [5.41, 5.74) is 1.91. The van der Waals surface area contributed by atoms with Crippen molar-refractivity contribution < 1.29 is 4.74 Å². The third kappa shape index (κ3) is 3.92. The number of rotatable bonds is 6. The fourth-order valence-electron chi connectivity index (χ4n) is 1.78. The van der Waals surface area contributed by atoms with E-state index in [1.54, 1.807) is 12.4 Å². The Morgan fingerprint density at radius 3 is 2.85 bits per heavy atom. The first kappa shape index (κ1) is 14.8. The summed E-state index contributed by atoms with van der Waals surface area (Å²) >= 11 is 6.09. The van der Waals surface area contributed by atoms with Gasteiger partial charge in [0.2, 0.25) is 5.88 Å². The van der Waals surface area contributed by atoms with E-state index in [1.807, 2.05) is 25.1 Å². The first-order valence-corrected chi connectivity index (χ1v) is 7.08. The molecule has 1 aromatic carbocycles. The van der Waals surface area contributed by atoms with Crippen LogP contribution in [-0.2, 0) is 13.0 Å². The van der Waals surface area contributed by atoms with Crippen LogP contribution in [0.15, 0.2) is 30.6 Å². The van der Waals surface area contributed by atoms with Gasteiger partial charge in [0, 0.05) is 17.8 Å². The molecule has 0 fully saturated rings. The van der Waals surface area contributed by atoms with E-state index in [2.05, 4.69) is 22.2 Å². The number of benzene rings is 1. The Morgan fingerprint density at radius 1 is 1.25 bits per heavy atom. The molecular formula is C15H18ClN3O. The van der Waals surface area contributed by atoms with Crippen molar-refractivity contribution in [2.45, 2.75) is 26.8 Å². The quantitative estimate of drug-likeness (QED) is 0.883. The molecule has 1 heterocycles. The van der Waals surface area contributed by atoms with E-state index in [0.717, 1.165) is 35.0 Å². The molecule has 106 valence electrons. The molecule has 4 nitrogen and oxygen atoms in total. The van der Waals surface area contributed by atoms with E-state index >= 15 is 0 Å². The minimum absolute atomic E-state index is 0.491. The highest BCUT2D eigenvalue weighted by atomic mass is 35.5. The summed E-state index contributed by atoms with van der Waals surface area (Å²) in [6, 6.07) is 5.60. The predicted molar refractivity (Wildman–Crippen MR) is 80.3 cm³/mol. The van der Waals surface area contributed by atoms with Gasteiger partial charge in [-0.25, -0.2) is 4.98 Å². The fourth-order valence-corrected chi connectivity index (χ4v) is 2.03. The lowest BCUT2D eigenvalue weighted by Crippen LogP contribution is -2.13. The Morgan fingerprint density at radius 2 is 2.10 bits per heavy atom. The molecule has 0 atom stereocenters. The van der Waals surface area contributed by atoms with Gasteiger partial charge in [-0.15, -0.1) is 0 Å². The van der Waals surface area contributed by atoms with Crippen LogP contribution in [0.4, 0.5) is 0 Å². The molecule has 2 rings (SSSR count). The maximum absolute atomic E-state index is 6.09. The molecule has 1 aromatic heterocycles. The lowest BCUT2D eigenvalue weighted by Gasteiger charge is -2.08. The Balaban J connectivity index is 2.13. The van der Waals surface area contributed by atoms with Gasteiger partial charge in [-0.05, 0) is 36.7 Å². The zero-order valence-corrected chi connectivity index (χ0v) is 12.4. The van der Waals surface area contributed by atoms with E-state index in [9.17, 15) is 0 Å². The number of ether oxygens (including phenoxy) is 1. The van der Waals surface area contributed by atoms with Crippen LogP contribution in [-0.4, -0.2) is 16.5 Å². The molecule has 0 bridgehead atoms. The molecule has 5 heteroatoms. The van der Waals surface area contributed by atoms with Crippen LogP contribution < -0.4 is 10.1 Å². The standard InChI is InChI=1S/C15H18ClN3O/c1-3-11-7-13(5-6-14(11)16)20-15-10-18-9-12(19-15)8-17-4-2/h5-7,9-10,17H,3-4,8H2,1-2H3. The van der Waals surface area contributed by atoms with Gasteiger partial charge in [-0.3, -0.25) is 4.98 Å². The van der Waals surface area contributed by atoms with E-state index in [-0.39, 0.29) is 0 Å². The molecule has 0 aliphatic carbocycles. The molecule has 0 saturated heterocycles. The lowest BCUT2D eigenvalue weighted by molar-refractivity contribution is 0.456. The normalized spacial score (nSPS) is 10.6. The molecule has 0 aliphatic heterocycles. The number of aromatic nitrogens is 2. The van der Waals surface area contributed by atoms with Gasteiger partial charge in [-0.1, -0.05) is 25.4 Å². The summed E-state index contributed by atoms with van der Waals surface area (Å²) in [7, 11) is 0. The van der Waals surface area contributed by atoms with Crippen molar-refractivity contribution in [3.8, 4) is 11.6 Å². The summed E-state index contributed by atoms with van der Waals surface area (Å²) in [4.78, 5) is 8.54. The van der Waals surface area contributed by atoms with Crippen LogP contribution in [0.1, 0.15) is 25.1 Å². The molecule has 0 aliphatic rings. The van der Waals surface area contributed by atoms with Gasteiger partial charge in [0.15, 0.2) is 0 Å². The molecule has 0 spiro atoms. The average Bonchev–Trinajstić information content (AvgIpc) is 2.47. The SMILES string of the molecule is CCNCc1cncc(Oc2ccc(Cl)c(CC)c2)n1. The van der Waals surface area contributed by atoms with Crippen molar-refractivity contribution in [1.82, 2.24) is 15.3 Å². The maximum Gasteiger partial charge on any atom is 0.238 e. The van der Waals surface area contributed by atoms with Crippen LogP contribution in [0.2, 0.25) is 5.02 Å². The summed E-state index contributed by atoms with van der Waals surface area (Å²) in [6.07, 6.45) is 4.20. The molecular weight excluding hydrogens is 274 g/mol. The van der Waals surface area contributed by atoms with Crippen molar-refractivity contribution in [1.29, 1.82) is 0 Å². The highest BCUT2D eigenvalue weighted by Crippen LogP contribution is 2.25. The second-order valence-electron chi connectivity index (χ2n) is 4.34. The van der Waals surface area contributed by atoms with E-state index in [4.69, 9.17) is 16.3 Å². The third-order valence-corrected chi connectivity index (χ3v) is 3.21. The molecule has 2 aromatic rings. The summed E-state index contributed by atoms with van der Waals surface area (Å²) in [6.45, 7) is 5.68. The van der Waals surface area contributed by atoms with Crippen LogP contribution in [0.5, 0.6) is 11.6 Å². The molecule has 0 amide bonds. The summed E-state index contributed by atoms with van der Waals surface area (Å²) < 4.78 is 5.74. The summed E-state index contributed by atoms with van der Waals surface area (Å²) in [5.74, 6) is 1.21. The Hall–Kier alpha value is -1.65. The van der Waals surface area contributed by atoms with E-state index in [1.165, 1.54) is 0 Å². The zero-order valence-electron chi connectivity index (χ0n) is 11.7. The van der Waals surface area contributed by atoms with E-state index in [0.29, 0.717) is 12.4 Å².